The number of hydrogen-bond donors (Lipinski definition) is 0. The summed E-state index contributed by atoms with van der Waals surface area (Å²) in [4.78, 5) is 3.64. The van der Waals surface area contributed by atoms with Crippen molar-refractivity contribution in [3.8, 4) is 12.1 Å². The first-order chi connectivity index (χ1) is 3.63. The van der Waals surface area contributed by atoms with E-state index in [2.05, 4.69) is 12.1 Å². The van der Waals surface area contributed by atoms with E-state index in [1.54, 1.807) is 0 Å². The second kappa shape index (κ2) is 3.20. The van der Waals surface area contributed by atoms with E-state index < -0.39 is 0 Å². The third kappa shape index (κ3) is 5.16. The van der Waals surface area contributed by atoms with Crippen molar-refractivity contribution in [1.29, 1.82) is 0 Å². The van der Waals surface area contributed by atoms with Crippen molar-refractivity contribution in [3.63, 3.8) is 0 Å². The summed E-state index contributed by atoms with van der Waals surface area (Å²) in [7, 11) is 7.65. The number of hydrogen-bond acceptors (Lipinski definition) is 2. The predicted octanol–water partition coefficient (Wildman–Crippen LogP) is 0.0280. The average molecular weight is 112 g/mol. The van der Waals surface area contributed by atoms with Gasteiger partial charge < -0.3 is 9.80 Å². The number of rotatable bonds is 0. The molecule has 0 bridgehead atoms. The molecule has 0 aromatic rings. The van der Waals surface area contributed by atoms with Gasteiger partial charge in [-0.15, -0.1) is 0 Å². The molecule has 0 atom stereocenters. The van der Waals surface area contributed by atoms with Gasteiger partial charge in [-0.25, -0.2) is 0 Å². The van der Waals surface area contributed by atoms with Crippen molar-refractivity contribution < 1.29 is 0 Å². The molecule has 0 aromatic heterocycles. The van der Waals surface area contributed by atoms with Gasteiger partial charge in [0.05, 0.1) is 0 Å². The van der Waals surface area contributed by atoms with Crippen LogP contribution in [0.15, 0.2) is 0 Å². The van der Waals surface area contributed by atoms with Gasteiger partial charge in [0.1, 0.15) is 0 Å². The fourth-order valence-corrected chi connectivity index (χ4v) is 0.200. The molecule has 0 N–H and O–H groups in total. The van der Waals surface area contributed by atoms with Crippen molar-refractivity contribution in [2.45, 2.75) is 0 Å². The van der Waals surface area contributed by atoms with Gasteiger partial charge in [-0.1, -0.05) is 0 Å². The lowest BCUT2D eigenvalue weighted by Crippen LogP contribution is -2.06. The molecule has 2 nitrogen and oxygen atoms in total. The van der Waals surface area contributed by atoms with Crippen molar-refractivity contribution in [2.75, 3.05) is 28.2 Å². The smallest absolute Gasteiger partial charge is 0.0301 e. The van der Waals surface area contributed by atoms with Crippen LogP contribution in [-0.4, -0.2) is 38.0 Å². The topological polar surface area (TPSA) is 6.48 Å². The third-order valence-corrected chi connectivity index (χ3v) is 0.497. The lowest BCUT2D eigenvalue weighted by Gasteiger charge is -2.01. The zero-order chi connectivity index (χ0) is 6.57. The molecule has 0 spiro atoms. The maximum absolute atomic E-state index is 2.85. The van der Waals surface area contributed by atoms with Gasteiger partial charge in [0.2, 0.25) is 0 Å². The third-order valence-electron chi connectivity index (χ3n) is 0.497. The van der Waals surface area contributed by atoms with Crippen LogP contribution in [0, 0.1) is 12.1 Å². The Hall–Kier alpha value is -0.840. The van der Waals surface area contributed by atoms with E-state index in [4.69, 9.17) is 0 Å². The molecule has 0 saturated heterocycles. The molecule has 0 unspecified atom stereocenters. The molecule has 2 heteroatoms. The zero-order valence-electron chi connectivity index (χ0n) is 5.89. The fraction of sp³-hybridized carbons (Fsp3) is 0.667. The maximum atomic E-state index is 2.85. The summed E-state index contributed by atoms with van der Waals surface area (Å²) < 4.78 is 0. The van der Waals surface area contributed by atoms with Crippen molar-refractivity contribution in [1.82, 2.24) is 9.80 Å². The number of nitrogens with zero attached hydrogens (tertiary/aromatic N) is 2. The molecular formula is C6H12N2. The molecule has 0 saturated carbocycles. The first-order valence-electron chi connectivity index (χ1n) is 2.49. The monoisotopic (exact) mass is 112 g/mol. The molecule has 0 aliphatic heterocycles. The SMILES string of the molecule is CN(C)C#CN(C)C. The van der Waals surface area contributed by atoms with Gasteiger partial charge in [-0.2, -0.15) is 0 Å². The second-order valence-corrected chi connectivity index (χ2v) is 2.01. The highest BCUT2D eigenvalue weighted by Gasteiger charge is 1.73. The van der Waals surface area contributed by atoms with Crippen LogP contribution in [0.1, 0.15) is 0 Å². The van der Waals surface area contributed by atoms with Gasteiger partial charge in [0.25, 0.3) is 0 Å². The highest BCUT2D eigenvalue weighted by molar-refractivity contribution is 4.93. The Balaban J connectivity index is 3.50. The minimum Gasteiger partial charge on any atom is -0.337 e. The van der Waals surface area contributed by atoms with Crippen LogP contribution in [0.4, 0.5) is 0 Å². The molecule has 0 rings (SSSR count). The van der Waals surface area contributed by atoms with Gasteiger partial charge >= 0.3 is 0 Å². The molecule has 0 aromatic carbocycles. The van der Waals surface area contributed by atoms with Gasteiger partial charge in [0, 0.05) is 40.3 Å². The molecular weight excluding hydrogens is 100 g/mol. The van der Waals surface area contributed by atoms with Crippen LogP contribution in [-0.2, 0) is 0 Å². The van der Waals surface area contributed by atoms with Crippen LogP contribution < -0.4 is 0 Å². The van der Waals surface area contributed by atoms with Gasteiger partial charge in [0.15, 0.2) is 0 Å². The molecule has 8 heavy (non-hydrogen) atoms. The van der Waals surface area contributed by atoms with Crippen LogP contribution in [0.3, 0.4) is 0 Å². The molecule has 0 aliphatic carbocycles. The van der Waals surface area contributed by atoms with Gasteiger partial charge in [-0.05, 0) is 0 Å². The summed E-state index contributed by atoms with van der Waals surface area (Å²) >= 11 is 0. The van der Waals surface area contributed by atoms with E-state index in [1.165, 1.54) is 0 Å². The van der Waals surface area contributed by atoms with Crippen molar-refractivity contribution in [3.05, 3.63) is 0 Å². The van der Waals surface area contributed by atoms with E-state index in [-0.39, 0.29) is 0 Å². The first kappa shape index (κ1) is 7.16. The average Bonchev–Trinajstić information content (AvgIpc) is 1.61. The summed E-state index contributed by atoms with van der Waals surface area (Å²) in [6.45, 7) is 0. The Kier molecular flexibility index (Phi) is 2.86. The molecule has 46 valence electrons. The zero-order valence-corrected chi connectivity index (χ0v) is 5.89. The second-order valence-electron chi connectivity index (χ2n) is 2.01. The molecule has 0 amide bonds. The molecule has 0 fully saturated rings. The van der Waals surface area contributed by atoms with E-state index in [9.17, 15) is 0 Å². The Bertz CT molecular complexity index is 93.4. The van der Waals surface area contributed by atoms with Crippen LogP contribution >= 0.6 is 0 Å². The minimum atomic E-state index is 1.82. The van der Waals surface area contributed by atoms with E-state index in [0.717, 1.165) is 0 Å². The lowest BCUT2D eigenvalue weighted by molar-refractivity contribution is 0.563. The van der Waals surface area contributed by atoms with Crippen LogP contribution in [0.25, 0.3) is 0 Å². The standard InChI is InChI=1S/C6H12N2/c1-7(2)5-6-8(3)4/h1-4H3. The van der Waals surface area contributed by atoms with Crippen molar-refractivity contribution >= 4 is 0 Å². The minimum absolute atomic E-state index is 1.82. The van der Waals surface area contributed by atoms with E-state index in [0.29, 0.717) is 0 Å². The lowest BCUT2D eigenvalue weighted by atomic mass is 10.8. The Labute approximate surface area is 51.1 Å². The molecule has 0 heterocycles. The van der Waals surface area contributed by atoms with Crippen LogP contribution in [0.5, 0.6) is 0 Å². The van der Waals surface area contributed by atoms with Crippen molar-refractivity contribution in [2.24, 2.45) is 0 Å². The molecule has 0 aliphatic rings. The normalized spacial score (nSPS) is 7.00. The quantitative estimate of drug-likeness (QED) is 0.322. The predicted molar refractivity (Wildman–Crippen MR) is 35.1 cm³/mol. The van der Waals surface area contributed by atoms with Crippen LogP contribution in [0.2, 0.25) is 0 Å². The van der Waals surface area contributed by atoms with Gasteiger partial charge in [-0.3, -0.25) is 0 Å². The summed E-state index contributed by atoms with van der Waals surface area (Å²) in [5.41, 5.74) is 0. The fourth-order valence-electron chi connectivity index (χ4n) is 0.200. The summed E-state index contributed by atoms with van der Waals surface area (Å²) in [6.07, 6.45) is 0. The maximum Gasteiger partial charge on any atom is 0.0301 e. The largest absolute Gasteiger partial charge is 0.337 e. The molecule has 0 radical (unpaired) electrons. The van der Waals surface area contributed by atoms with E-state index >= 15 is 0 Å². The summed E-state index contributed by atoms with van der Waals surface area (Å²) in [5, 5.41) is 0. The van der Waals surface area contributed by atoms with E-state index in [1.807, 2.05) is 38.0 Å². The highest BCUT2D eigenvalue weighted by Crippen LogP contribution is 1.67. The highest BCUT2D eigenvalue weighted by atomic mass is 15.1. The Morgan fingerprint density at radius 3 is 1.12 bits per heavy atom. The Morgan fingerprint density at radius 2 is 1.00 bits per heavy atom. The Morgan fingerprint density at radius 1 is 0.750 bits per heavy atom. The summed E-state index contributed by atoms with van der Waals surface area (Å²) in [6, 6.07) is 5.71. The summed E-state index contributed by atoms with van der Waals surface area (Å²) in [5.74, 6) is 0. The first-order valence-corrected chi connectivity index (χ1v) is 2.49.